The lowest BCUT2D eigenvalue weighted by Crippen LogP contribution is -2.52. The first-order chi connectivity index (χ1) is 8.65. The number of carboxylic acids is 1. The minimum Gasteiger partial charge on any atom is -0.481 e. The van der Waals surface area contributed by atoms with E-state index in [1.807, 2.05) is 17.8 Å². The summed E-state index contributed by atoms with van der Waals surface area (Å²) in [7, 11) is 0. The fourth-order valence-electron chi connectivity index (χ4n) is 2.21. The highest BCUT2D eigenvalue weighted by Gasteiger charge is 2.36. The molecule has 0 radical (unpaired) electrons. The molecule has 4 nitrogen and oxygen atoms in total. The van der Waals surface area contributed by atoms with Crippen LogP contribution in [-0.2, 0) is 17.0 Å². The van der Waals surface area contributed by atoms with Crippen molar-refractivity contribution in [3.05, 3.63) is 21.4 Å². The first-order valence-corrected chi connectivity index (χ1v) is 7.83. The Bertz CT molecular complexity index is 482. The molecule has 3 heterocycles. The maximum absolute atomic E-state index is 12.1. The Balaban J connectivity index is 1.70. The van der Waals surface area contributed by atoms with Gasteiger partial charge in [-0.25, -0.2) is 0 Å². The zero-order valence-electron chi connectivity index (χ0n) is 9.72. The Kier molecular flexibility index (Phi) is 3.07. The van der Waals surface area contributed by atoms with Crippen molar-refractivity contribution in [2.75, 3.05) is 18.8 Å². The number of hydrogen-bond donors (Lipinski definition) is 1. The molecule has 0 aliphatic carbocycles. The van der Waals surface area contributed by atoms with E-state index < -0.39 is 5.97 Å². The molecule has 1 fully saturated rings. The molecule has 0 aromatic carbocycles. The molecule has 2 aliphatic rings. The Morgan fingerprint density at radius 3 is 2.83 bits per heavy atom. The van der Waals surface area contributed by atoms with Gasteiger partial charge in [0.15, 0.2) is 0 Å². The van der Waals surface area contributed by atoms with Crippen LogP contribution < -0.4 is 0 Å². The molecule has 1 N–H and O–H groups in total. The second-order valence-electron chi connectivity index (χ2n) is 4.61. The van der Waals surface area contributed by atoms with E-state index in [9.17, 15) is 9.59 Å². The van der Waals surface area contributed by atoms with Crippen LogP contribution in [0.3, 0.4) is 0 Å². The molecule has 1 saturated heterocycles. The Morgan fingerprint density at radius 2 is 2.17 bits per heavy atom. The van der Waals surface area contributed by atoms with Crippen LogP contribution in [0, 0.1) is 5.92 Å². The molecule has 18 heavy (non-hydrogen) atoms. The fourth-order valence-corrected chi connectivity index (χ4v) is 4.55. The van der Waals surface area contributed by atoms with Gasteiger partial charge < -0.3 is 10.0 Å². The number of carbonyl (C=O) groups excluding carboxylic acids is 1. The smallest absolute Gasteiger partial charge is 0.310 e. The predicted octanol–water partition coefficient (Wildman–Crippen LogP) is 1.69. The lowest BCUT2D eigenvalue weighted by Gasteiger charge is -2.36. The van der Waals surface area contributed by atoms with Crippen molar-refractivity contribution in [1.29, 1.82) is 0 Å². The summed E-state index contributed by atoms with van der Waals surface area (Å²) >= 11 is 3.48. The maximum atomic E-state index is 12.1. The van der Waals surface area contributed by atoms with E-state index in [0.717, 1.165) is 22.8 Å². The third-order valence-corrected chi connectivity index (χ3v) is 5.59. The van der Waals surface area contributed by atoms with Gasteiger partial charge >= 0.3 is 5.97 Å². The molecule has 0 unspecified atom stereocenters. The first kappa shape index (κ1) is 12.0. The first-order valence-electron chi connectivity index (χ1n) is 5.86. The zero-order chi connectivity index (χ0) is 12.7. The number of carboxylic acid groups (broad SMARTS) is 1. The van der Waals surface area contributed by atoms with Crippen molar-refractivity contribution in [2.45, 2.75) is 12.2 Å². The van der Waals surface area contributed by atoms with Gasteiger partial charge in [-0.05, 0) is 23.8 Å². The van der Waals surface area contributed by atoms with Gasteiger partial charge in [0.2, 0.25) is 0 Å². The summed E-state index contributed by atoms with van der Waals surface area (Å²) in [5.41, 5.74) is 1.29. The molecule has 0 atom stereocenters. The fraction of sp³-hybridized carbons (Fsp3) is 0.500. The van der Waals surface area contributed by atoms with Crippen LogP contribution in [0.2, 0.25) is 0 Å². The summed E-state index contributed by atoms with van der Waals surface area (Å²) in [5, 5.41) is 8.80. The van der Waals surface area contributed by atoms with Crippen molar-refractivity contribution in [2.24, 2.45) is 5.92 Å². The number of carbonyl (C=O) groups is 2. The molecule has 3 rings (SSSR count). The van der Waals surface area contributed by atoms with Crippen LogP contribution in [0.25, 0.3) is 0 Å². The number of likely N-dealkylation sites (tertiary alicyclic amines) is 1. The molecular weight excluding hydrogens is 270 g/mol. The Hall–Kier alpha value is -1.01. The maximum Gasteiger partial charge on any atom is 0.310 e. The van der Waals surface area contributed by atoms with E-state index in [4.69, 9.17) is 5.11 Å². The Morgan fingerprint density at radius 1 is 1.39 bits per heavy atom. The number of thioether (sulfide) groups is 1. The molecule has 0 spiro atoms. The largest absolute Gasteiger partial charge is 0.481 e. The molecule has 0 saturated carbocycles. The van der Waals surface area contributed by atoms with Crippen LogP contribution in [0.1, 0.15) is 20.1 Å². The summed E-state index contributed by atoms with van der Waals surface area (Å²) in [6.07, 6.45) is 1.05. The second kappa shape index (κ2) is 4.59. The van der Waals surface area contributed by atoms with Gasteiger partial charge in [-0.15, -0.1) is 11.3 Å². The lowest BCUT2D eigenvalue weighted by atomic mass is 10.0. The molecular formula is C12H13NO3S2. The molecule has 96 valence electrons. The minimum absolute atomic E-state index is 0.00287. The quantitative estimate of drug-likeness (QED) is 0.897. The summed E-state index contributed by atoms with van der Waals surface area (Å²) in [5.74, 6) is 0.944. The molecule has 1 aromatic rings. The molecule has 0 bridgehead atoms. The third kappa shape index (κ3) is 2.03. The standard InChI is InChI=1S/C12H13NO3S2/c14-11(13-4-8(5-13)12(15)16)10-3-7-6-17-2-1-9(7)18-10/h3,8H,1-2,4-6H2,(H,15,16). The van der Waals surface area contributed by atoms with Gasteiger partial charge in [-0.2, -0.15) is 11.8 Å². The number of aryl methyl sites for hydroxylation is 1. The number of aliphatic carboxylic acids is 1. The van der Waals surface area contributed by atoms with Gasteiger partial charge in [0.25, 0.3) is 5.91 Å². The van der Waals surface area contributed by atoms with Crippen molar-refractivity contribution < 1.29 is 14.7 Å². The third-order valence-electron chi connectivity index (χ3n) is 3.36. The van der Waals surface area contributed by atoms with E-state index in [0.29, 0.717) is 13.1 Å². The average Bonchev–Trinajstić information content (AvgIpc) is 2.69. The SMILES string of the molecule is O=C(O)C1CN(C(=O)c2cc3c(s2)CCSC3)C1. The van der Waals surface area contributed by atoms with Crippen molar-refractivity contribution in [3.8, 4) is 0 Å². The highest BCUT2D eigenvalue weighted by atomic mass is 32.2. The molecule has 6 heteroatoms. The molecule has 1 amide bonds. The van der Waals surface area contributed by atoms with E-state index in [1.165, 1.54) is 10.4 Å². The predicted molar refractivity (Wildman–Crippen MR) is 71.2 cm³/mol. The summed E-state index contributed by atoms with van der Waals surface area (Å²) < 4.78 is 0. The number of rotatable bonds is 2. The van der Waals surface area contributed by atoms with Crippen molar-refractivity contribution in [1.82, 2.24) is 4.90 Å². The van der Waals surface area contributed by atoms with E-state index in [2.05, 4.69) is 0 Å². The Labute approximate surface area is 113 Å². The number of hydrogen-bond acceptors (Lipinski definition) is 4. The second-order valence-corrected chi connectivity index (χ2v) is 6.85. The van der Waals surface area contributed by atoms with Crippen LogP contribution in [0.15, 0.2) is 6.07 Å². The van der Waals surface area contributed by atoms with E-state index in [-0.39, 0.29) is 11.8 Å². The monoisotopic (exact) mass is 283 g/mol. The van der Waals surface area contributed by atoms with Gasteiger partial charge in [0, 0.05) is 23.7 Å². The van der Waals surface area contributed by atoms with Gasteiger partial charge in [-0.1, -0.05) is 0 Å². The van der Waals surface area contributed by atoms with Crippen LogP contribution in [0.5, 0.6) is 0 Å². The van der Waals surface area contributed by atoms with Crippen LogP contribution in [-0.4, -0.2) is 40.7 Å². The van der Waals surface area contributed by atoms with Gasteiger partial charge in [0.05, 0.1) is 10.8 Å². The average molecular weight is 283 g/mol. The number of amides is 1. The van der Waals surface area contributed by atoms with Crippen LogP contribution >= 0.6 is 23.1 Å². The summed E-state index contributed by atoms with van der Waals surface area (Å²) in [4.78, 5) is 26.6. The summed E-state index contributed by atoms with van der Waals surface area (Å²) in [6.45, 7) is 0.705. The lowest BCUT2D eigenvalue weighted by molar-refractivity contribution is -0.146. The number of nitrogens with zero attached hydrogens (tertiary/aromatic N) is 1. The summed E-state index contributed by atoms with van der Waals surface area (Å²) in [6, 6.07) is 1.99. The number of fused-ring (bicyclic) bond motifs is 1. The number of thiophene rings is 1. The van der Waals surface area contributed by atoms with Crippen molar-refractivity contribution >= 4 is 35.0 Å². The topological polar surface area (TPSA) is 57.6 Å². The molecule has 1 aromatic heterocycles. The highest BCUT2D eigenvalue weighted by molar-refractivity contribution is 7.98. The van der Waals surface area contributed by atoms with Crippen molar-refractivity contribution in [3.63, 3.8) is 0 Å². The van der Waals surface area contributed by atoms with E-state index >= 15 is 0 Å². The highest BCUT2D eigenvalue weighted by Crippen LogP contribution is 2.33. The minimum atomic E-state index is -0.805. The zero-order valence-corrected chi connectivity index (χ0v) is 11.4. The normalized spacial score (nSPS) is 19.2. The molecule has 2 aliphatic heterocycles. The van der Waals surface area contributed by atoms with Gasteiger partial charge in [0.1, 0.15) is 0 Å². The van der Waals surface area contributed by atoms with E-state index in [1.54, 1.807) is 16.2 Å². The van der Waals surface area contributed by atoms with Crippen LogP contribution in [0.4, 0.5) is 0 Å². The van der Waals surface area contributed by atoms with Gasteiger partial charge in [-0.3, -0.25) is 9.59 Å².